The zero-order chi connectivity index (χ0) is 16.4. The lowest BCUT2D eigenvalue weighted by molar-refractivity contribution is 0.0644. The fraction of sp³-hybridized carbons (Fsp3) is 0.529. The zero-order valence-electron chi connectivity index (χ0n) is 13.5. The standard InChI is InChI=1S/C17H21N3O2S2/c21-16(14-1-7-23-10-14)20-5-6-22-13-17(12-20)2-4-19(11-17)9-15-18-3-8-24-15/h1,3,7-8,10H,2,4-6,9,11-13H2/t17-/m0/s1. The number of hydrogen-bond donors (Lipinski definition) is 0. The van der Waals surface area contributed by atoms with Gasteiger partial charge in [0.1, 0.15) is 5.01 Å². The normalized spacial score (nSPS) is 25.2. The Labute approximate surface area is 149 Å². The summed E-state index contributed by atoms with van der Waals surface area (Å²) in [5, 5.41) is 7.08. The van der Waals surface area contributed by atoms with Crippen LogP contribution in [0.1, 0.15) is 21.8 Å². The molecular formula is C17H21N3O2S2. The number of hydrogen-bond acceptors (Lipinski definition) is 6. The number of thiazole rings is 1. The summed E-state index contributed by atoms with van der Waals surface area (Å²) in [7, 11) is 0. The van der Waals surface area contributed by atoms with Gasteiger partial charge in [0.15, 0.2) is 0 Å². The van der Waals surface area contributed by atoms with Crippen LogP contribution in [0.4, 0.5) is 0 Å². The van der Waals surface area contributed by atoms with Gasteiger partial charge in [-0.2, -0.15) is 11.3 Å². The molecule has 7 heteroatoms. The first-order valence-electron chi connectivity index (χ1n) is 8.24. The number of amides is 1. The molecule has 2 fully saturated rings. The van der Waals surface area contributed by atoms with E-state index in [1.54, 1.807) is 22.7 Å². The Morgan fingerprint density at radius 2 is 2.29 bits per heavy atom. The van der Waals surface area contributed by atoms with Gasteiger partial charge in [-0.1, -0.05) is 0 Å². The van der Waals surface area contributed by atoms with Crippen molar-refractivity contribution in [1.29, 1.82) is 0 Å². The van der Waals surface area contributed by atoms with E-state index in [1.807, 2.05) is 33.3 Å². The van der Waals surface area contributed by atoms with E-state index >= 15 is 0 Å². The van der Waals surface area contributed by atoms with Gasteiger partial charge >= 0.3 is 0 Å². The second-order valence-corrected chi connectivity index (χ2v) is 8.44. The molecule has 2 aliphatic rings. The van der Waals surface area contributed by atoms with E-state index in [9.17, 15) is 4.79 Å². The number of ether oxygens (including phenoxy) is 1. The van der Waals surface area contributed by atoms with Gasteiger partial charge in [-0.05, 0) is 24.4 Å². The number of thiophene rings is 1. The van der Waals surface area contributed by atoms with E-state index in [1.165, 1.54) is 0 Å². The van der Waals surface area contributed by atoms with Crippen molar-refractivity contribution in [3.8, 4) is 0 Å². The van der Waals surface area contributed by atoms with Crippen molar-refractivity contribution in [3.05, 3.63) is 39.0 Å². The van der Waals surface area contributed by atoms with Crippen molar-refractivity contribution < 1.29 is 9.53 Å². The van der Waals surface area contributed by atoms with E-state index in [4.69, 9.17) is 4.74 Å². The number of carbonyl (C=O) groups is 1. The van der Waals surface area contributed by atoms with Crippen LogP contribution in [0.2, 0.25) is 0 Å². The maximum absolute atomic E-state index is 12.7. The van der Waals surface area contributed by atoms with Crippen LogP contribution in [0.5, 0.6) is 0 Å². The lowest BCUT2D eigenvalue weighted by Gasteiger charge is -2.31. The van der Waals surface area contributed by atoms with Crippen molar-refractivity contribution in [1.82, 2.24) is 14.8 Å². The molecular weight excluding hydrogens is 342 g/mol. The molecule has 0 unspecified atom stereocenters. The molecule has 2 aliphatic heterocycles. The molecule has 2 aromatic heterocycles. The highest BCUT2D eigenvalue weighted by atomic mass is 32.1. The first-order chi connectivity index (χ1) is 11.7. The van der Waals surface area contributed by atoms with E-state index in [0.29, 0.717) is 13.2 Å². The highest BCUT2D eigenvalue weighted by molar-refractivity contribution is 7.09. The Bertz CT molecular complexity index is 674. The van der Waals surface area contributed by atoms with Crippen molar-refractivity contribution in [3.63, 3.8) is 0 Å². The number of aromatic nitrogens is 1. The van der Waals surface area contributed by atoms with Crippen LogP contribution in [0.15, 0.2) is 28.4 Å². The summed E-state index contributed by atoms with van der Waals surface area (Å²) in [5.74, 6) is 0.138. The zero-order valence-corrected chi connectivity index (χ0v) is 15.2. The third-order valence-corrected chi connectivity index (χ3v) is 6.30. The molecule has 2 saturated heterocycles. The molecule has 2 aromatic rings. The summed E-state index contributed by atoms with van der Waals surface area (Å²) in [4.78, 5) is 21.6. The van der Waals surface area contributed by atoms with E-state index in [-0.39, 0.29) is 11.3 Å². The van der Waals surface area contributed by atoms with Crippen LogP contribution >= 0.6 is 22.7 Å². The summed E-state index contributed by atoms with van der Waals surface area (Å²) in [5.41, 5.74) is 0.856. The molecule has 0 aromatic carbocycles. The first-order valence-corrected chi connectivity index (χ1v) is 10.1. The van der Waals surface area contributed by atoms with E-state index in [0.717, 1.165) is 49.8 Å². The van der Waals surface area contributed by atoms with Gasteiger partial charge in [0.25, 0.3) is 5.91 Å². The van der Waals surface area contributed by atoms with Crippen molar-refractivity contribution >= 4 is 28.6 Å². The van der Waals surface area contributed by atoms with Crippen molar-refractivity contribution in [2.45, 2.75) is 13.0 Å². The van der Waals surface area contributed by atoms with Gasteiger partial charge in [-0.3, -0.25) is 9.69 Å². The lowest BCUT2D eigenvalue weighted by atomic mass is 9.87. The second-order valence-electron chi connectivity index (χ2n) is 6.68. The van der Waals surface area contributed by atoms with Gasteiger partial charge in [0, 0.05) is 42.0 Å². The maximum Gasteiger partial charge on any atom is 0.254 e. The quantitative estimate of drug-likeness (QED) is 0.841. The van der Waals surface area contributed by atoms with Crippen LogP contribution in [0, 0.1) is 5.41 Å². The van der Waals surface area contributed by atoms with Gasteiger partial charge in [0.05, 0.1) is 25.3 Å². The van der Waals surface area contributed by atoms with E-state index in [2.05, 4.69) is 9.88 Å². The summed E-state index contributed by atoms with van der Waals surface area (Å²) < 4.78 is 5.88. The first kappa shape index (κ1) is 16.2. The third kappa shape index (κ3) is 3.39. The van der Waals surface area contributed by atoms with Crippen molar-refractivity contribution in [2.75, 3.05) is 39.4 Å². The smallest absolute Gasteiger partial charge is 0.254 e. The minimum atomic E-state index is 0.0550. The Morgan fingerprint density at radius 1 is 1.33 bits per heavy atom. The highest BCUT2D eigenvalue weighted by Crippen LogP contribution is 2.34. The van der Waals surface area contributed by atoms with Crippen LogP contribution < -0.4 is 0 Å². The predicted octanol–water partition coefficient (Wildman–Crippen LogP) is 2.57. The largest absolute Gasteiger partial charge is 0.379 e. The van der Waals surface area contributed by atoms with Crippen LogP contribution in [-0.2, 0) is 11.3 Å². The van der Waals surface area contributed by atoms with Gasteiger partial charge in [-0.15, -0.1) is 11.3 Å². The molecule has 4 heterocycles. The Morgan fingerprint density at radius 3 is 3.08 bits per heavy atom. The molecule has 1 spiro atoms. The van der Waals surface area contributed by atoms with E-state index < -0.39 is 0 Å². The molecule has 0 aliphatic carbocycles. The minimum Gasteiger partial charge on any atom is -0.379 e. The molecule has 1 atom stereocenters. The molecule has 1 amide bonds. The summed E-state index contributed by atoms with van der Waals surface area (Å²) in [6.45, 7) is 5.76. The fourth-order valence-corrected chi connectivity index (χ4v) is 4.95. The summed E-state index contributed by atoms with van der Waals surface area (Å²) in [6, 6.07) is 1.91. The monoisotopic (exact) mass is 363 g/mol. The number of rotatable bonds is 3. The summed E-state index contributed by atoms with van der Waals surface area (Å²) >= 11 is 3.28. The molecule has 24 heavy (non-hydrogen) atoms. The van der Waals surface area contributed by atoms with Gasteiger partial charge in [0.2, 0.25) is 0 Å². The third-order valence-electron chi connectivity index (χ3n) is 4.86. The lowest BCUT2D eigenvalue weighted by Crippen LogP contribution is -2.43. The molecule has 4 rings (SSSR count). The molecule has 5 nitrogen and oxygen atoms in total. The average Bonchev–Trinajstić information content (AvgIpc) is 3.30. The Balaban J connectivity index is 1.45. The Kier molecular flexibility index (Phi) is 4.67. The molecule has 0 bridgehead atoms. The Hall–Kier alpha value is -1.28. The molecule has 0 N–H and O–H groups in total. The predicted molar refractivity (Wildman–Crippen MR) is 95.5 cm³/mol. The van der Waals surface area contributed by atoms with Crippen LogP contribution in [0.3, 0.4) is 0 Å². The second kappa shape index (κ2) is 6.92. The highest BCUT2D eigenvalue weighted by Gasteiger charge is 2.42. The molecule has 0 saturated carbocycles. The van der Waals surface area contributed by atoms with Crippen LogP contribution in [-0.4, -0.2) is 60.1 Å². The minimum absolute atomic E-state index is 0.0550. The maximum atomic E-state index is 12.7. The SMILES string of the molecule is O=C(c1ccsc1)N1CCOC[C@]2(CCN(Cc3nccs3)C2)C1. The van der Waals surface area contributed by atoms with Crippen LogP contribution in [0.25, 0.3) is 0 Å². The average molecular weight is 364 g/mol. The summed E-state index contributed by atoms with van der Waals surface area (Å²) in [6.07, 6.45) is 2.94. The van der Waals surface area contributed by atoms with Gasteiger partial charge < -0.3 is 9.64 Å². The number of carbonyl (C=O) groups excluding carboxylic acids is 1. The number of nitrogens with zero attached hydrogens (tertiary/aromatic N) is 3. The van der Waals surface area contributed by atoms with Gasteiger partial charge in [-0.25, -0.2) is 4.98 Å². The molecule has 0 radical (unpaired) electrons. The number of likely N-dealkylation sites (tertiary alicyclic amines) is 1. The topological polar surface area (TPSA) is 45.7 Å². The van der Waals surface area contributed by atoms with Crippen molar-refractivity contribution in [2.24, 2.45) is 5.41 Å². The fourth-order valence-electron chi connectivity index (χ4n) is 3.67. The molecule has 128 valence electrons.